The standard InChI is InChI=1S/C10H25NO3SSi/c1-11(2)7-5-8-14-16(12-3,13-4)10-6-9-15/h15H,5-10H2,1-4H3. The summed E-state index contributed by atoms with van der Waals surface area (Å²) in [6.07, 6.45) is 1.96. The van der Waals surface area contributed by atoms with Crippen LogP contribution in [-0.4, -0.2) is 60.9 Å². The van der Waals surface area contributed by atoms with Gasteiger partial charge < -0.3 is 18.2 Å². The molecule has 0 aromatic carbocycles. The summed E-state index contributed by atoms with van der Waals surface area (Å²) in [7, 11) is 5.04. The van der Waals surface area contributed by atoms with Crippen molar-refractivity contribution in [3.05, 3.63) is 0 Å². The molecule has 0 heterocycles. The van der Waals surface area contributed by atoms with Crippen molar-refractivity contribution in [2.75, 3.05) is 47.2 Å². The number of nitrogens with zero attached hydrogens (tertiary/aromatic N) is 1. The molecule has 0 aliphatic carbocycles. The second-order valence-corrected chi connectivity index (χ2v) is 7.34. The molecule has 0 aromatic rings. The highest BCUT2D eigenvalue weighted by atomic mass is 32.1. The van der Waals surface area contributed by atoms with Gasteiger partial charge in [0.1, 0.15) is 0 Å². The Hall–Kier alpha value is 0.407. The summed E-state index contributed by atoms with van der Waals surface area (Å²) in [6.45, 7) is 1.71. The lowest BCUT2D eigenvalue weighted by molar-refractivity contribution is 0.0947. The highest BCUT2D eigenvalue weighted by Crippen LogP contribution is 2.16. The van der Waals surface area contributed by atoms with Gasteiger partial charge in [0, 0.05) is 26.9 Å². The minimum absolute atomic E-state index is 0.693. The van der Waals surface area contributed by atoms with E-state index in [1.807, 2.05) is 0 Å². The van der Waals surface area contributed by atoms with Gasteiger partial charge >= 0.3 is 8.80 Å². The summed E-state index contributed by atoms with van der Waals surface area (Å²) in [5, 5.41) is 0. The molecule has 0 bridgehead atoms. The molecule has 0 amide bonds. The van der Waals surface area contributed by atoms with Crippen LogP contribution in [0.3, 0.4) is 0 Å². The maximum Gasteiger partial charge on any atom is 0.500 e. The van der Waals surface area contributed by atoms with E-state index in [-0.39, 0.29) is 0 Å². The van der Waals surface area contributed by atoms with Crippen LogP contribution < -0.4 is 0 Å². The van der Waals surface area contributed by atoms with Crippen molar-refractivity contribution in [1.82, 2.24) is 4.90 Å². The van der Waals surface area contributed by atoms with Crippen LogP contribution in [0.5, 0.6) is 0 Å². The zero-order valence-electron chi connectivity index (χ0n) is 10.9. The summed E-state index contributed by atoms with van der Waals surface area (Å²) in [5.74, 6) is 0.836. The molecule has 0 unspecified atom stereocenters. The zero-order chi connectivity index (χ0) is 12.4. The van der Waals surface area contributed by atoms with Crippen LogP contribution in [0.4, 0.5) is 0 Å². The van der Waals surface area contributed by atoms with Crippen molar-refractivity contribution in [2.45, 2.75) is 18.9 Å². The van der Waals surface area contributed by atoms with Crippen LogP contribution in [0, 0.1) is 0 Å². The van der Waals surface area contributed by atoms with E-state index in [0.29, 0.717) is 6.61 Å². The molecule has 0 radical (unpaired) electrons. The van der Waals surface area contributed by atoms with Crippen molar-refractivity contribution in [1.29, 1.82) is 0 Å². The molecule has 0 rings (SSSR count). The van der Waals surface area contributed by atoms with Gasteiger partial charge in [-0.2, -0.15) is 12.6 Å². The summed E-state index contributed by atoms with van der Waals surface area (Å²) in [5.41, 5.74) is 0. The lowest BCUT2D eigenvalue weighted by atomic mass is 10.4. The van der Waals surface area contributed by atoms with E-state index in [1.165, 1.54) is 0 Å². The van der Waals surface area contributed by atoms with Gasteiger partial charge in [0.05, 0.1) is 0 Å². The molecule has 0 aliphatic rings. The van der Waals surface area contributed by atoms with Crippen molar-refractivity contribution >= 4 is 21.4 Å². The average Bonchev–Trinajstić information content (AvgIpc) is 2.29. The fourth-order valence-electron chi connectivity index (χ4n) is 1.38. The molecule has 0 fully saturated rings. The SMILES string of the molecule is CO[Si](CCCS)(OC)OCCCN(C)C. The molecule has 0 N–H and O–H groups in total. The first kappa shape index (κ1) is 16.4. The molecule has 0 saturated carbocycles. The molecule has 4 nitrogen and oxygen atoms in total. The van der Waals surface area contributed by atoms with Gasteiger partial charge in [0.2, 0.25) is 0 Å². The van der Waals surface area contributed by atoms with E-state index in [2.05, 4.69) is 31.6 Å². The number of hydrogen-bond donors (Lipinski definition) is 1. The predicted octanol–water partition coefficient (Wildman–Crippen LogP) is 1.51. The van der Waals surface area contributed by atoms with Gasteiger partial charge in [0.15, 0.2) is 0 Å². The number of rotatable bonds is 10. The summed E-state index contributed by atoms with van der Waals surface area (Å²) in [4.78, 5) is 2.14. The third-order valence-corrected chi connectivity index (χ3v) is 5.50. The highest BCUT2D eigenvalue weighted by molar-refractivity contribution is 7.80. The molecule has 6 heteroatoms. The molecule has 0 aromatic heterocycles. The zero-order valence-corrected chi connectivity index (χ0v) is 12.8. The van der Waals surface area contributed by atoms with Gasteiger partial charge in [-0.3, -0.25) is 0 Å². The van der Waals surface area contributed by atoms with Crippen molar-refractivity contribution in [2.24, 2.45) is 0 Å². The Kier molecular flexibility index (Phi) is 9.68. The lowest BCUT2D eigenvalue weighted by Crippen LogP contribution is -2.44. The van der Waals surface area contributed by atoms with Crippen LogP contribution in [0.1, 0.15) is 12.8 Å². The smallest absolute Gasteiger partial charge is 0.377 e. The first-order valence-corrected chi connectivity index (χ1v) is 8.16. The van der Waals surface area contributed by atoms with E-state index >= 15 is 0 Å². The summed E-state index contributed by atoms with van der Waals surface area (Å²) >= 11 is 4.20. The molecule has 0 aliphatic heterocycles. The van der Waals surface area contributed by atoms with E-state index in [1.54, 1.807) is 14.2 Å². The Balaban J connectivity index is 3.91. The van der Waals surface area contributed by atoms with Crippen LogP contribution in [0.15, 0.2) is 0 Å². The first-order chi connectivity index (χ1) is 7.60. The normalized spacial score (nSPS) is 12.4. The Morgan fingerprint density at radius 1 is 1.12 bits per heavy atom. The molecular weight excluding hydrogens is 242 g/mol. The Morgan fingerprint density at radius 3 is 2.19 bits per heavy atom. The molecule has 0 spiro atoms. The Bertz CT molecular complexity index is 168. The average molecular weight is 267 g/mol. The maximum absolute atomic E-state index is 5.81. The predicted molar refractivity (Wildman–Crippen MR) is 72.2 cm³/mol. The molecular formula is C10H25NO3SSi. The molecule has 0 atom stereocenters. The van der Waals surface area contributed by atoms with E-state index < -0.39 is 8.80 Å². The van der Waals surface area contributed by atoms with Crippen LogP contribution in [0.25, 0.3) is 0 Å². The van der Waals surface area contributed by atoms with Gasteiger partial charge in [-0.05, 0) is 39.2 Å². The second kappa shape index (κ2) is 9.44. The van der Waals surface area contributed by atoms with E-state index in [9.17, 15) is 0 Å². The van der Waals surface area contributed by atoms with Crippen LogP contribution in [-0.2, 0) is 13.3 Å². The fourth-order valence-corrected chi connectivity index (χ4v) is 3.86. The second-order valence-electron chi connectivity index (χ2n) is 3.92. The van der Waals surface area contributed by atoms with Crippen molar-refractivity contribution < 1.29 is 13.3 Å². The maximum atomic E-state index is 5.81. The summed E-state index contributed by atoms with van der Waals surface area (Å²) in [6, 6.07) is 0.839. The fraction of sp³-hybridized carbons (Fsp3) is 1.00. The van der Waals surface area contributed by atoms with Gasteiger partial charge in [0.25, 0.3) is 0 Å². The lowest BCUT2D eigenvalue weighted by Gasteiger charge is -2.26. The van der Waals surface area contributed by atoms with Gasteiger partial charge in [-0.25, -0.2) is 0 Å². The minimum Gasteiger partial charge on any atom is -0.377 e. The van der Waals surface area contributed by atoms with Crippen LogP contribution >= 0.6 is 12.6 Å². The van der Waals surface area contributed by atoms with E-state index in [0.717, 1.165) is 31.2 Å². The first-order valence-electron chi connectivity index (χ1n) is 5.60. The van der Waals surface area contributed by atoms with Crippen molar-refractivity contribution in [3.8, 4) is 0 Å². The topological polar surface area (TPSA) is 30.9 Å². The minimum atomic E-state index is -2.40. The monoisotopic (exact) mass is 267 g/mol. The van der Waals surface area contributed by atoms with Gasteiger partial charge in [-0.1, -0.05) is 0 Å². The Morgan fingerprint density at radius 2 is 1.75 bits per heavy atom. The molecule has 0 saturated heterocycles. The number of hydrogen-bond acceptors (Lipinski definition) is 5. The molecule has 16 heavy (non-hydrogen) atoms. The Labute approximate surface area is 106 Å². The number of thiol groups is 1. The quantitative estimate of drug-likeness (QED) is 0.369. The third-order valence-electron chi connectivity index (χ3n) is 2.33. The summed E-state index contributed by atoms with van der Waals surface area (Å²) < 4.78 is 16.7. The van der Waals surface area contributed by atoms with Gasteiger partial charge in [-0.15, -0.1) is 0 Å². The highest BCUT2D eigenvalue weighted by Gasteiger charge is 2.37. The third kappa shape index (κ3) is 6.88. The van der Waals surface area contributed by atoms with E-state index in [4.69, 9.17) is 13.3 Å². The largest absolute Gasteiger partial charge is 0.500 e. The van der Waals surface area contributed by atoms with Crippen molar-refractivity contribution in [3.63, 3.8) is 0 Å². The molecule has 98 valence electrons. The van der Waals surface area contributed by atoms with Crippen LogP contribution in [0.2, 0.25) is 6.04 Å².